The summed E-state index contributed by atoms with van der Waals surface area (Å²) in [5, 5.41) is 0.430. The smallest absolute Gasteiger partial charge is 0.344 e. The van der Waals surface area contributed by atoms with Gasteiger partial charge in [-0.15, -0.1) is 0 Å². The number of rotatable bonds is 5. The summed E-state index contributed by atoms with van der Waals surface area (Å²) in [5.41, 5.74) is 6.14. The Hall–Kier alpha value is -1.75. The third-order valence-corrected chi connectivity index (χ3v) is 5.03. The molecule has 0 heterocycles. The number of carbonyl (C=O) groups excluding carboxylic acids is 2. The summed E-state index contributed by atoms with van der Waals surface area (Å²) in [6.45, 7) is 6.03. The SMILES string of the molecule is CC(C)[C@@H]1CC[C@@H](C)C[C@H]1OC(=O)COC(=O)c1ccc(Cl)cc1N. The second kappa shape index (κ2) is 8.56. The van der Waals surface area contributed by atoms with Gasteiger partial charge in [-0.1, -0.05) is 38.8 Å². The maximum atomic E-state index is 12.1. The van der Waals surface area contributed by atoms with E-state index in [1.807, 2.05) is 0 Å². The molecule has 1 aliphatic carbocycles. The first-order valence-electron chi connectivity index (χ1n) is 8.69. The molecule has 1 saturated carbocycles. The van der Waals surface area contributed by atoms with Gasteiger partial charge < -0.3 is 15.2 Å². The van der Waals surface area contributed by atoms with Gasteiger partial charge >= 0.3 is 11.9 Å². The summed E-state index contributed by atoms with van der Waals surface area (Å²) in [5.74, 6) is 0.142. The Kier molecular flexibility index (Phi) is 6.71. The average Bonchev–Trinajstić information content (AvgIpc) is 2.52. The van der Waals surface area contributed by atoms with E-state index in [2.05, 4.69) is 20.8 Å². The van der Waals surface area contributed by atoms with Crippen LogP contribution in [0.5, 0.6) is 0 Å². The fourth-order valence-corrected chi connectivity index (χ4v) is 3.56. The largest absolute Gasteiger partial charge is 0.460 e. The van der Waals surface area contributed by atoms with Gasteiger partial charge in [-0.3, -0.25) is 0 Å². The highest BCUT2D eigenvalue weighted by atomic mass is 35.5. The molecule has 1 aromatic rings. The Balaban J connectivity index is 1.90. The van der Waals surface area contributed by atoms with Crippen LogP contribution in [-0.2, 0) is 14.3 Å². The maximum Gasteiger partial charge on any atom is 0.344 e. The zero-order chi connectivity index (χ0) is 18.6. The van der Waals surface area contributed by atoms with Crippen molar-refractivity contribution in [3.05, 3.63) is 28.8 Å². The molecule has 0 aromatic heterocycles. The Labute approximate surface area is 153 Å². The van der Waals surface area contributed by atoms with Crippen LogP contribution >= 0.6 is 11.6 Å². The van der Waals surface area contributed by atoms with Crippen LogP contribution in [0.4, 0.5) is 5.69 Å². The molecule has 138 valence electrons. The van der Waals surface area contributed by atoms with Gasteiger partial charge in [0.1, 0.15) is 6.10 Å². The first kappa shape index (κ1) is 19.6. The van der Waals surface area contributed by atoms with Gasteiger partial charge in [0, 0.05) is 10.7 Å². The van der Waals surface area contributed by atoms with Gasteiger partial charge in [-0.05, 0) is 48.8 Å². The lowest BCUT2D eigenvalue weighted by Gasteiger charge is -2.36. The first-order valence-corrected chi connectivity index (χ1v) is 9.07. The minimum absolute atomic E-state index is 0.115. The molecular formula is C19H26ClNO4. The van der Waals surface area contributed by atoms with E-state index in [9.17, 15) is 9.59 Å². The van der Waals surface area contributed by atoms with Crippen molar-refractivity contribution < 1.29 is 19.1 Å². The predicted molar refractivity (Wildman–Crippen MR) is 97.4 cm³/mol. The van der Waals surface area contributed by atoms with E-state index in [1.165, 1.54) is 12.1 Å². The molecule has 5 nitrogen and oxygen atoms in total. The predicted octanol–water partition coefficient (Wildman–Crippen LogP) is 4.08. The number of carbonyl (C=O) groups is 2. The summed E-state index contributed by atoms with van der Waals surface area (Å²) in [7, 11) is 0. The van der Waals surface area contributed by atoms with Crippen molar-refractivity contribution in [1.29, 1.82) is 0 Å². The Morgan fingerprint density at radius 3 is 2.68 bits per heavy atom. The topological polar surface area (TPSA) is 78.6 Å². The Morgan fingerprint density at radius 1 is 1.32 bits per heavy atom. The number of nitrogen functional groups attached to an aromatic ring is 1. The van der Waals surface area contributed by atoms with E-state index < -0.39 is 18.5 Å². The van der Waals surface area contributed by atoms with Crippen LogP contribution in [0.1, 0.15) is 50.4 Å². The molecule has 2 N–H and O–H groups in total. The van der Waals surface area contributed by atoms with Crippen LogP contribution in [-0.4, -0.2) is 24.6 Å². The van der Waals surface area contributed by atoms with E-state index in [1.54, 1.807) is 6.07 Å². The lowest BCUT2D eigenvalue weighted by molar-refractivity contribution is -0.159. The number of esters is 2. The monoisotopic (exact) mass is 367 g/mol. The van der Waals surface area contributed by atoms with Crippen LogP contribution in [0.2, 0.25) is 5.02 Å². The molecular weight excluding hydrogens is 342 g/mol. The Morgan fingerprint density at radius 2 is 2.04 bits per heavy atom. The lowest BCUT2D eigenvalue weighted by atomic mass is 9.75. The average molecular weight is 368 g/mol. The fourth-order valence-electron chi connectivity index (χ4n) is 3.37. The van der Waals surface area contributed by atoms with Crippen molar-refractivity contribution in [2.75, 3.05) is 12.3 Å². The normalized spacial score (nSPS) is 23.3. The molecule has 1 aliphatic rings. The number of benzene rings is 1. The van der Waals surface area contributed by atoms with Crippen molar-refractivity contribution in [3.63, 3.8) is 0 Å². The molecule has 0 spiro atoms. The van der Waals surface area contributed by atoms with Crippen molar-refractivity contribution in [2.24, 2.45) is 17.8 Å². The van der Waals surface area contributed by atoms with Crippen LogP contribution in [0.3, 0.4) is 0 Å². The molecule has 0 unspecified atom stereocenters. The number of ether oxygens (including phenoxy) is 2. The van der Waals surface area contributed by atoms with E-state index in [0.29, 0.717) is 22.8 Å². The molecule has 6 heteroatoms. The van der Waals surface area contributed by atoms with Gasteiger partial charge in [0.15, 0.2) is 6.61 Å². The summed E-state index contributed by atoms with van der Waals surface area (Å²) in [6.07, 6.45) is 2.95. The third-order valence-electron chi connectivity index (χ3n) is 4.80. The van der Waals surface area contributed by atoms with E-state index >= 15 is 0 Å². The molecule has 0 bridgehead atoms. The number of nitrogens with two attached hydrogens (primary N) is 1. The highest BCUT2D eigenvalue weighted by molar-refractivity contribution is 6.31. The van der Waals surface area contributed by atoms with Gasteiger partial charge in [0.25, 0.3) is 0 Å². The number of halogens is 1. The second-order valence-corrected chi connectivity index (χ2v) is 7.60. The van der Waals surface area contributed by atoms with Gasteiger partial charge in [-0.2, -0.15) is 0 Å². The number of anilines is 1. The minimum Gasteiger partial charge on any atom is -0.460 e. The van der Waals surface area contributed by atoms with Crippen LogP contribution in [0.25, 0.3) is 0 Å². The van der Waals surface area contributed by atoms with Gasteiger partial charge in [-0.25, -0.2) is 9.59 Å². The summed E-state index contributed by atoms with van der Waals surface area (Å²) in [6, 6.07) is 4.49. The van der Waals surface area contributed by atoms with Crippen LogP contribution < -0.4 is 5.73 Å². The highest BCUT2D eigenvalue weighted by Gasteiger charge is 2.33. The van der Waals surface area contributed by atoms with Crippen molar-refractivity contribution in [2.45, 2.75) is 46.1 Å². The molecule has 0 aliphatic heterocycles. The quantitative estimate of drug-likeness (QED) is 0.626. The van der Waals surface area contributed by atoms with Crippen LogP contribution in [0, 0.1) is 17.8 Å². The molecule has 2 rings (SSSR count). The zero-order valence-electron chi connectivity index (χ0n) is 15.0. The molecule has 0 amide bonds. The maximum absolute atomic E-state index is 12.1. The second-order valence-electron chi connectivity index (χ2n) is 7.16. The molecule has 25 heavy (non-hydrogen) atoms. The van der Waals surface area contributed by atoms with Crippen molar-refractivity contribution >= 4 is 29.2 Å². The fraction of sp³-hybridized carbons (Fsp3) is 0.579. The lowest BCUT2D eigenvalue weighted by Crippen LogP contribution is -2.36. The molecule has 0 saturated heterocycles. The molecule has 0 radical (unpaired) electrons. The zero-order valence-corrected chi connectivity index (χ0v) is 15.7. The van der Waals surface area contributed by atoms with Crippen molar-refractivity contribution in [1.82, 2.24) is 0 Å². The van der Waals surface area contributed by atoms with Crippen molar-refractivity contribution in [3.8, 4) is 0 Å². The molecule has 1 aromatic carbocycles. The number of hydrogen-bond acceptors (Lipinski definition) is 5. The molecule has 3 atom stereocenters. The van der Waals surface area contributed by atoms with Gasteiger partial charge in [0.05, 0.1) is 5.56 Å². The van der Waals surface area contributed by atoms with E-state index in [4.69, 9.17) is 26.8 Å². The standard InChI is InChI=1S/C19H26ClNO4/c1-11(2)14-6-4-12(3)8-17(14)25-18(22)10-24-19(23)15-7-5-13(20)9-16(15)21/h5,7,9,11-12,14,17H,4,6,8,10,21H2,1-3H3/t12-,14+,17-/m1/s1. The molecule has 1 fully saturated rings. The minimum atomic E-state index is -0.663. The van der Waals surface area contributed by atoms with E-state index in [-0.39, 0.29) is 17.4 Å². The number of hydrogen-bond donors (Lipinski definition) is 1. The summed E-state index contributed by atoms with van der Waals surface area (Å²) in [4.78, 5) is 24.2. The van der Waals surface area contributed by atoms with Crippen LogP contribution in [0.15, 0.2) is 18.2 Å². The third kappa shape index (κ3) is 5.36. The Bertz CT molecular complexity index is 632. The van der Waals surface area contributed by atoms with Gasteiger partial charge in [0.2, 0.25) is 0 Å². The summed E-state index contributed by atoms with van der Waals surface area (Å²) < 4.78 is 10.6. The first-order chi connectivity index (χ1) is 11.8. The highest BCUT2D eigenvalue weighted by Crippen LogP contribution is 2.35. The summed E-state index contributed by atoms with van der Waals surface area (Å²) >= 11 is 5.80. The van der Waals surface area contributed by atoms with E-state index in [0.717, 1.165) is 19.3 Å².